The summed E-state index contributed by atoms with van der Waals surface area (Å²) in [4.78, 5) is 11.6. The van der Waals surface area contributed by atoms with Gasteiger partial charge >= 0.3 is 5.97 Å². The topological polar surface area (TPSA) is 26.3 Å². The van der Waals surface area contributed by atoms with Crippen LogP contribution in [-0.2, 0) is 9.53 Å². The zero-order chi connectivity index (χ0) is 18.1. The summed E-state index contributed by atoms with van der Waals surface area (Å²) < 4.78 is 5.27. The molecule has 0 aromatic carbocycles. The number of ether oxygens (including phenoxy) is 1. The molecule has 0 unspecified atom stereocenters. The van der Waals surface area contributed by atoms with Gasteiger partial charge < -0.3 is 4.74 Å². The molecule has 4 saturated carbocycles. The smallest absolute Gasteiger partial charge is 0.331 e. The first-order valence-electron chi connectivity index (χ1n) is 11.0. The largest absolute Gasteiger partial charge is 0.458 e. The first kappa shape index (κ1) is 17.6. The summed E-state index contributed by atoms with van der Waals surface area (Å²) in [5, 5.41) is 0.640. The van der Waals surface area contributed by atoms with Gasteiger partial charge in [0.2, 0.25) is 0 Å². The number of carbonyl (C=O) groups excluding carboxylic acids is 1. The summed E-state index contributed by atoms with van der Waals surface area (Å²) in [6, 6.07) is 0. The molecule has 5 aliphatic rings. The van der Waals surface area contributed by atoms with Gasteiger partial charge in [-0.25, -0.2) is 4.79 Å². The molecule has 0 aromatic heterocycles. The Kier molecular flexibility index (Phi) is 4.09. The van der Waals surface area contributed by atoms with E-state index in [0.717, 1.165) is 23.7 Å². The normalized spacial score (nSPS) is 53.3. The maximum atomic E-state index is 11.6. The van der Waals surface area contributed by atoms with Crippen molar-refractivity contribution >= 4 is 18.6 Å². The van der Waals surface area contributed by atoms with Crippen LogP contribution in [0.15, 0.2) is 11.6 Å². The molecule has 5 rings (SSSR count). The van der Waals surface area contributed by atoms with Gasteiger partial charge in [0.15, 0.2) is 0 Å². The third kappa shape index (κ3) is 2.41. The van der Waals surface area contributed by atoms with E-state index in [4.69, 9.17) is 17.4 Å². The van der Waals surface area contributed by atoms with Crippen LogP contribution in [-0.4, -0.2) is 17.8 Å². The molecule has 0 spiro atoms. The third-order valence-electron chi connectivity index (χ3n) is 9.77. The number of rotatable bonds is 1. The van der Waals surface area contributed by atoms with Gasteiger partial charge in [-0.15, -0.1) is 0 Å². The second-order valence-electron chi connectivity index (χ2n) is 10.6. The monoisotopic (exact) mass is 374 g/mol. The third-order valence-corrected chi connectivity index (χ3v) is 10.2. The van der Waals surface area contributed by atoms with Gasteiger partial charge in [0.05, 0.1) is 0 Å². The van der Waals surface area contributed by atoms with Gasteiger partial charge in [-0.2, -0.15) is 12.6 Å². The molecule has 4 aliphatic carbocycles. The van der Waals surface area contributed by atoms with Crippen LogP contribution in [0, 0.1) is 40.4 Å². The van der Waals surface area contributed by atoms with Crippen LogP contribution in [0.4, 0.5) is 0 Å². The minimum Gasteiger partial charge on any atom is -0.458 e. The van der Waals surface area contributed by atoms with Crippen LogP contribution >= 0.6 is 12.6 Å². The average molecular weight is 375 g/mol. The number of hydrogen-bond acceptors (Lipinski definition) is 3. The Morgan fingerprint density at radius 3 is 2.54 bits per heavy atom. The van der Waals surface area contributed by atoms with E-state index in [0.29, 0.717) is 28.6 Å². The highest BCUT2D eigenvalue weighted by Crippen LogP contribution is 2.68. The molecule has 1 heterocycles. The van der Waals surface area contributed by atoms with E-state index in [1.54, 1.807) is 0 Å². The summed E-state index contributed by atoms with van der Waals surface area (Å²) >= 11 is 4.83. The molecule has 1 aliphatic heterocycles. The van der Waals surface area contributed by atoms with Crippen molar-refractivity contribution < 1.29 is 9.53 Å². The Morgan fingerprint density at radius 1 is 1.00 bits per heavy atom. The van der Waals surface area contributed by atoms with Crippen LogP contribution in [0.2, 0.25) is 0 Å². The average Bonchev–Trinajstić information content (AvgIpc) is 3.18. The number of thiol groups is 1. The second-order valence-corrected chi connectivity index (χ2v) is 11.3. The maximum Gasteiger partial charge on any atom is 0.331 e. The van der Waals surface area contributed by atoms with E-state index in [1.165, 1.54) is 63.4 Å². The van der Waals surface area contributed by atoms with E-state index in [2.05, 4.69) is 13.8 Å². The molecule has 0 radical (unpaired) electrons. The molecule has 2 nitrogen and oxygen atoms in total. The molecule has 8 atom stereocenters. The number of hydrogen-bond donors (Lipinski definition) is 1. The first-order chi connectivity index (χ1) is 12.4. The number of carbonyl (C=O) groups is 1. The van der Waals surface area contributed by atoms with Crippen molar-refractivity contribution in [1.29, 1.82) is 0 Å². The van der Waals surface area contributed by atoms with E-state index >= 15 is 0 Å². The van der Waals surface area contributed by atoms with Crippen LogP contribution in [0.1, 0.15) is 71.6 Å². The van der Waals surface area contributed by atoms with E-state index in [-0.39, 0.29) is 5.97 Å². The van der Waals surface area contributed by atoms with Crippen molar-refractivity contribution in [3.05, 3.63) is 11.6 Å². The SMILES string of the molecule is C[C@]12CC[C@H](S)C[C@@H]1CC[C@@H]1[C@@H]2CC[C@]2(C)[C@@H](C3=CC(=O)OC3)CC[C@@H]12. The van der Waals surface area contributed by atoms with Gasteiger partial charge in [-0.1, -0.05) is 13.8 Å². The highest BCUT2D eigenvalue weighted by atomic mass is 32.1. The fourth-order valence-electron chi connectivity index (χ4n) is 8.43. The minimum atomic E-state index is -0.114. The van der Waals surface area contributed by atoms with Crippen molar-refractivity contribution in [1.82, 2.24) is 0 Å². The van der Waals surface area contributed by atoms with Crippen LogP contribution < -0.4 is 0 Å². The molecular weight excluding hydrogens is 340 g/mol. The highest BCUT2D eigenvalue weighted by Gasteiger charge is 2.60. The first-order valence-corrected chi connectivity index (χ1v) is 11.5. The zero-order valence-corrected chi connectivity index (χ0v) is 17.3. The van der Waals surface area contributed by atoms with Crippen molar-refractivity contribution in [2.24, 2.45) is 40.4 Å². The standard InChI is InChI=1S/C23H34O2S/c1-22-9-7-16(26)12-15(22)3-4-17-19-6-5-18(14-11-21(24)25-13-14)23(19,2)10-8-20(17)22/h11,15-20,26H,3-10,12-13H2,1-2H3/t15-,16-,17-,18+,19-,20-,22-,23+/m0/s1. The second kappa shape index (κ2) is 6.03. The molecule has 0 bridgehead atoms. The lowest BCUT2D eigenvalue weighted by Gasteiger charge is -2.61. The molecule has 0 aromatic rings. The maximum absolute atomic E-state index is 11.6. The Labute approximate surface area is 163 Å². The van der Waals surface area contributed by atoms with Crippen molar-refractivity contribution in [2.45, 2.75) is 76.9 Å². The van der Waals surface area contributed by atoms with Gasteiger partial charge in [0.1, 0.15) is 6.61 Å². The van der Waals surface area contributed by atoms with Gasteiger partial charge in [0, 0.05) is 11.3 Å². The number of esters is 1. The van der Waals surface area contributed by atoms with E-state index in [9.17, 15) is 4.79 Å². The highest BCUT2D eigenvalue weighted by molar-refractivity contribution is 7.80. The lowest BCUT2D eigenvalue weighted by Crippen LogP contribution is -2.53. The van der Waals surface area contributed by atoms with Crippen molar-refractivity contribution in [3.8, 4) is 0 Å². The predicted molar refractivity (Wildman–Crippen MR) is 107 cm³/mol. The quantitative estimate of drug-likeness (QED) is 0.489. The molecule has 26 heavy (non-hydrogen) atoms. The van der Waals surface area contributed by atoms with Crippen molar-refractivity contribution in [2.75, 3.05) is 6.61 Å². The Hall–Kier alpha value is -0.440. The summed E-state index contributed by atoms with van der Waals surface area (Å²) in [7, 11) is 0. The van der Waals surface area contributed by atoms with Gasteiger partial charge in [-0.3, -0.25) is 0 Å². The summed E-state index contributed by atoms with van der Waals surface area (Å²) in [5.41, 5.74) is 2.26. The van der Waals surface area contributed by atoms with Crippen molar-refractivity contribution in [3.63, 3.8) is 0 Å². The van der Waals surface area contributed by atoms with Crippen LogP contribution in [0.3, 0.4) is 0 Å². The summed E-state index contributed by atoms with van der Waals surface area (Å²) in [6.07, 6.45) is 14.1. The van der Waals surface area contributed by atoms with E-state index in [1.807, 2.05) is 6.08 Å². The Morgan fingerprint density at radius 2 is 1.77 bits per heavy atom. The fourth-order valence-corrected chi connectivity index (χ4v) is 8.82. The molecular formula is C23H34O2S. The Bertz CT molecular complexity index is 642. The lowest BCUT2D eigenvalue weighted by molar-refractivity contribution is -0.135. The van der Waals surface area contributed by atoms with Gasteiger partial charge in [-0.05, 0) is 104 Å². The fraction of sp³-hybridized carbons (Fsp3) is 0.870. The van der Waals surface area contributed by atoms with E-state index < -0.39 is 0 Å². The van der Waals surface area contributed by atoms with Crippen LogP contribution in [0.5, 0.6) is 0 Å². The molecule has 144 valence electrons. The van der Waals surface area contributed by atoms with Crippen LogP contribution in [0.25, 0.3) is 0 Å². The zero-order valence-electron chi connectivity index (χ0n) is 16.4. The summed E-state index contributed by atoms with van der Waals surface area (Å²) in [5.74, 6) is 4.07. The molecule has 3 heteroatoms. The molecule has 4 fully saturated rings. The minimum absolute atomic E-state index is 0.114. The number of cyclic esters (lactones) is 1. The number of fused-ring (bicyclic) bond motifs is 5. The Balaban J connectivity index is 1.41. The molecule has 0 N–H and O–H groups in total. The van der Waals surface area contributed by atoms with Gasteiger partial charge in [0.25, 0.3) is 0 Å². The predicted octanol–water partition coefficient (Wildman–Crippen LogP) is 5.43. The molecule has 0 saturated heterocycles. The lowest BCUT2D eigenvalue weighted by atomic mass is 9.44. The summed E-state index contributed by atoms with van der Waals surface area (Å²) in [6.45, 7) is 5.74. The molecule has 0 amide bonds.